The van der Waals surface area contributed by atoms with E-state index in [4.69, 9.17) is 16.3 Å². The van der Waals surface area contributed by atoms with Gasteiger partial charge in [0.2, 0.25) is 0 Å². The maximum atomic E-state index is 10.6. The highest BCUT2D eigenvalue weighted by molar-refractivity contribution is 6.32. The van der Waals surface area contributed by atoms with Gasteiger partial charge in [-0.25, -0.2) is 0 Å². The Balaban J connectivity index is 1.85. The molecule has 1 unspecified atom stereocenters. The Kier molecular flexibility index (Phi) is 5.20. The molecule has 0 bridgehead atoms. The number of aliphatic hydroxyl groups excluding tert-OH is 1. The third-order valence-corrected chi connectivity index (χ3v) is 3.93. The number of hydrogen-bond donors (Lipinski definition) is 1. The van der Waals surface area contributed by atoms with Crippen molar-refractivity contribution in [2.45, 2.75) is 38.2 Å². The van der Waals surface area contributed by atoms with Crippen LogP contribution in [0.1, 0.15) is 32.1 Å². The van der Waals surface area contributed by atoms with E-state index in [1.165, 1.54) is 43.9 Å². The maximum Gasteiger partial charge on any atom is 0.271 e. The fourth-order valence-electron chi connectivity index (χ4n) is 2.61. The van der Waals surface area contributed by atoms with E-state index in [1.807, 2.05) is 0 Å². The molecule has 110 valence electrons. The number of non-ortho nitro benzene ring substituents is 1. The molecule has 0 aliphatic heterocycles. The highest BCUT2D eigenvalue weighted by Crippen LogP contribution is 2.30. The van der Waals surface area contributed by atoms with Gasteiger partial charge in [-0.2, -0.15) is 0 Å². The van der Waals surface area contributed by atoms with Crippen LogP contribution in [-0.2, 0) is 0 Å². The van der Waals surface area contributed by atoms with Crippen LogP contribution < -0.4 is 4.74 Å². The summed E-state index contributed by atoms with van der Waals surface area (Å²) in [5.74, 6) is 0.948. The Bertz CT molecular complexity index is 474. The topological polar surface area (TPSA) is 72.6 Å². The molecule has 1 aromatic carbocycles. The first-order valence-corrected chi connectivity index (χ1v) is 7.19. The second-order valence-corrected chi connectivity index (χ2v) is 5.63. The zero-order chi connectivity index (χ0) is 14.5. The zero-order valence-corrected chi connectivity index (χ0v) is 11.9. The minimum atomic E-state index is -0.524. The molecule has 1 saturated carbocycles. The second-order valence-electron chi connectivity index (χ2n) is 5.22. The van der Waals surface area contributed by atoms with Crippen molar-refractivity contribution >= 4 is 17.3 Å². The van der Waals surface area contributed by atoms with Crippen LogP contribution in [0, 0.1) is 16.0 Å². The van der Waals surface area contributed by atoms with E-state index in [2.05, 4.69) is 0 Å². The molecule has 0 spiro atoms. The van der Waals surface area contributed by atoms with Crippen LogP contribution in [-0.4, -0.2) is 22.7 Å². The van der Waals surface area contributed by atoms with E-state index in [1.54, 1.807) is 0 Å². The number of nitro groups is 1. The normalized spacial score (nSPS) is 17.1. The first kappa shape index (κ1) is 15.1. The molecule has 2 rings (SSSR count). The highest BCUT2D eigenvalue weighted by atomic mass is 35.5. The lowest BCUT2D eigenvalue weighted by Crippen LogP contribution is -2.20. The van der Waals surface area contributed by atoms with Gasteiger partial charge in [-0.1, -0.05) is 37.3 Å². The quantitative estimate of drug-likeness (QED) is 0.644. The number of nitro benzene ring substituents is 1. The average molecular weight is 300 g/mol. The van der Waals surface area contributed by atoms with Crippen molar-refractivity contribution in [3.63, 3.8) is 0 Å². The molecule has 0 aromatic heterocycles. The van der Waals surface area contributed by atoms with E-state index in [-0.39, 0.29) is 17.3 Å². The van der Waals surface area contributed by atoms with Gasteiger partial charge in [-0.05, 0) is 18.4 Å². The molecule has 6 heteroatoms. The Morgan fingerprint density at radius 2 is 2.15 bits per heavy atom. The summed E-state index contributed by atoms with van der Waals surface area (Å²) in [6.07, 6.45) is 5.05. The van der Waals surface area contributed by atoms with E-state index in [0.717, 1.165) is 6.42 Å². The number of rotatable bonds is 6. The fourth-order valence-corrected chi connectivity index (χ4v) is 2.83. The Morgan fingerprint density at radius 1 is 1.45 bits per heavy atom. The summed E-state index contributed by atoms with van der Waals surface area (Å²) in [6.45, 7) is 0.161. The Labute approximate surface area is 122 Å². The first-order valence-electron chi connectivity index (χ1n) is 6.81. The van der Waals surface area contributed by atoms with Crippen molar-refractivity contribution in [2.24, 2.45) is 5.92 Å². The van der Waals surface area contributed by atoms with Gasteiger partial charge >= 0.3 is 0 Å². The Hall–Kier alpha value is -1.33. The molecule has 1 aliphatic carbocycles. The molecular formula is C14H18ClNO4. The monoisotopic (exact) mass is 299 g/mol. The van der Waals surface area contributed by atoms with Gasteiger partial charge in [-0.3, -0.25) is 10.1 Å². The maximum absolute atomic E-state index is 10.6. The Morgan fingerprint density at radius 3 is 2.75 bits per heavy atom. The molecule has 0 saturated heterocycles. The summed E-state index contributed by atoms with van der Waals surface area (Å²) in [7, 11) is 0. The molecule has 1 atom stereocenters. The predicted octanol–water partition coefficient (Wildman–Crippen LogP) is 3.57. The second kappa shape index (κ2) is 6.90. The van der Waals surface area contributed by atoms with Gasteiger partial charge < -0.3 is 9.84 Å². The van der Waals surface area contributed by atoms with Crippen molar-refractivity contribution in [1.29, 1.82) is 0 Å². The van der Waals surface area contributed by atoms with Gasteiger partial charge in [0.05, 0.1) is 16.0 Å². The van der Waals surface area contributed by atoms with E-state index in [9.17, 15) is 15.2 Å². The summed E-state index contributed by atoms with van der Waals surface area (Å²) in [6, 6.07) is 4.05. The first-order chi connectivity index (χ1) is 9.56. The summed E-state index contributed by atoms with van der Waals surface area (Å²) >= 11 is 5.92. The van der Waals surface area contributed by atoms with Crippen molar-refractivity contribution in [1.82, 2.24) is 0 Å². The molecule has 0 radical (unpaired) electrons. The van der Waals surface area contributed by atoms with Crippen molar-refractivity contribution in [3.8, 4) is 5.75 Å². The lowest BCUT2D eigenvalue weighted by Gasteiger charge is -2.16. The highest BCUT2D eigenvalue weighted by Gasteiger charge is 2.19. The van der Waals surface area contributed by atoms with Crippen LogP contribution >= 0.6 is 11.6 Å². The van der Waals surface area contributed by atoms with Gasteiger partial charge in [0, 0.05) is 12.1 Å². The summed E-state index contributed by atoms with van der Waals surface area (Å²) in [4.78, 5) is 10.1. The lowest BCUT2D eigenvalue weighted by molar-refractivity contribution is -0.384. The van der Waals surface area contributed by atoms with Gasteiger partial charge in [0.15, 0.2) is 0 Å². The number of ether oxygens (including phenoxy) is 1. The van der Waals surface area contributed by atoms with Crippen LogP contribution in [0.25, 0.3) is 0 Å². The molecule has 1 aromatic rings. The molecule has 5 nitrogen and oxygen atoms in total. The predicted molar refractivity (Wildman–Crippen MR) is 76.2 cm³/mol. The SMILES string of the molecule is O=[N+]([O-])c1ccc(OCC(O)CC2CCCC2)c(Cl)c1. The van der Waals surface area contributed by atoms with Crippen LogP contribution in [0.15, 0.2) is 18.2 Å². The van der Waals surface area contributed by atoms with Crippen molar-refractivity contribution in [3.05, 3.63) is 33.3 Å². The minimum Gasteiger partial charge on any atom is -0.489 e. The van der Waals surface area contributed by atoms with Crippen molar-refractivity contribution in [2.75, 3.05) is 6.61 Å². The number of nitrogens with zero attached hydrogens (tertiary/aromatic N) is 1. The standard InChI is InChI=1S/C14H18ClNO4/c15-13-8-11(16(18)19)5-6-14(13)20-9-12(17)7-10-3-1-2-4-10/h5-6,8,10,12,17H,1-4,7,9H2. The largest absolute Gasteiger partial charge is 0.489 e. The number of halogens is 1. The lowest BCUT2D eigenvalue weighted by atomic mass is 10.0. The van der Waals surface area contributed by atoms with Crippen LogP contribution in [0.4, 0.5) is 5.69 Å². The summed E-state index contributed by atoms with van der Waals surface area (Å²) in [5.41, 5.74) is -0.0751. The van der Waals surface area contributed by atoms with Crippen LogP contribution in [0.5, 0.6) is 5.75 Å². The molecule has 1 aliphatic rings. The minimum absolute atomic E-state index is 0.0751. The average Bonchev–Trinajstić information content (AvgIpc) is 2.90. The summed E-state index contributed by atoms with van der Waals surface area (Å²) < 4.78 is 5.44. The number of hydrogen-bond acceptors (Lipinski definition) is 4. The molecule has 20 heavy (non-hydrogen) atoms. The fraction of sp³-hybridized carbons (Fsp3) is 0.571. The third kappa shape index (κ3) is 4.08. The van der Waals surface area contributed by atoms with Crippen LogP contribution in [0.2, 0.25) is 5.02 Å². The molecule has 0 amide bonds. The smallest absolute Gasteiger partial charge is 0.271 e. The van der Waals surface area contributed by atoms with Gasteiger partial charge in [0.25, 0.3) is 5.69 Å². The number of benzene rings is 1. The van der Waals surface area contributed by atoms with E-state index >= 15 is 0 Å². The number of aliphatic hydroxyl groups is 1. The van der Waals surface area contributed by atoms with E-state index < -0.39 is 11.0 Å². The molecule has 0 heterocycles. The zero-order valence-electron chi connectivity index (χ0n) is 11.1. The van der Waals surface area contributed by atoms with Gasteiger partial charge in [0.1, 0.15) is 12.4 Å². The van der Waals surface area contributed by atoms with E-state index in [0.29, 0.717) is 11.7 Å². The van der Waals surface area contributed by atoms with Crippen molar-refractivity contribution < 1.29 is 14.8 Å². The van der Waals surface area contributed by atoms with Crippen LogP contribution in [0.3, 0.4) is 0 Å². The third-order valence-electron chi connectivity index (χ3n) is 3.64. The molecule has 1 N–H and O–H groups in total. The summed E-state index contributed by atoms with van der Waals surface area (Å²) in [5, 5.41) is 20.7. The molecular weight excluding hydrogens is 282 g/mol. The molecule has 1 fully saturated rings. The van der Waals surface area contributed by atoms with Gasteiger partial charge in [-0.15, -0.1) is 0 Å².